The topological polar surface area (TPSA) is 32.3 Å². The van der Waals surface area contributed by atoms with Crippen molar-refractivity contribution >= 4 is 11.8 Å². The molecule has 0 radical (unpaired) electrons. The van der Waals surface area contributed by atoms with Gasteiger partial charge in [0.25, 0.3) is 0 Å². The summed E-state index contributed by atoms with van der Waals surface area (Å²) in [6.07, 6.45) is 4.45. The van der Waals surface area contributed by atoms with Gasteiger partial charge in [0.15, 0.2) is 0 Å². The predicted octanol–water partition coefficient (Wildman–Crippen LogP) is 2.91. The Morgan fingerprint density at radius 3 is 2.95 bits per heavy atom. The highest BCUT2D eigenvalue weighted by atomic mass is 32.2. The lowest BCUT2D eigenvalue weighted by molar-refractivity contribution is -0.0253. The van der Waals surface area contributed by atoms with Gasteiger partial charge in [0, 0.05) is 17.8 Å². The van der Waals surface area contributed by atoms with Crippen LogP contribution in [0.2, 0.25) is 0 Å². The fraction of sp³-hybridized carbons (Fsp3) is 0.625. The van der Waals surface area contributed by atoms with Gasteiger partial charge >= 0.3 is 0 Å². The van der Waals surface area contributed by atoms with Gasteiger partial charge in [0.2, 0.25) is 0 Å². The average molecular weight is 277 g/mol. The molecule has 3 heteroatoms. The van der Waals surface area contributed by atoms with E-state index in [1.54, 1.807) is 0 Å². The molecule has 1 fully saturated rings. The molecule has 0 bridgehead atoms. The van der Waals surface area contributed by atoms with Crippen molar-refractivity contribution in [3.05, 3.63) is 35.4 Å². The minimum atomic E-state index is -0.474. The molecule has 1 saturated carbocycles. The molecule has 0 unspecified atom stereocenters. The van der Waals surface area contributed by atoms with Crippen LogP contribution >= 0.6 is 11.8 Å². The highest BCUT2D eigenvalue weighted by Crippen LogP contribution is 2.41. The Balaban J connectivity index is 1.59. The second-order valence-corrected chi connectivity index (χ2v) is 7.24. The second-order valence-electron chi connectivity index (χ2n) is 5.76. The number of hydrogen-bond acceptors (Lipinski definition) is 3. The van der Waals surface area contributed by atoms with E-state index in [1.165, 1.54) is 24.0 Å². The van der Waals surface area contributed by atoms with Gasteiger partial charge in [-0.3, -0.25) is 0 Å². The first-order chi connectivity index (χ1) is 9.23. The third-order valence-corrected chi connectivity index (χ3v) is 6.00. The molecule has 2 aliphatic carbocycles. The van der Waals surface area contributed by atoms with Crippen LogP contribution in [0.4, 0.5) is 0 Å². The van der Waals surface area contributed by atoms with Crippen molar-refractivity contribution < 1.29 is 5.11 Å². The molecule has 1 aromatic rings. The summed E-state index contributed by atoms with van der Waals surface area (Å²) in [7, 11) is 0. The van der Waals surface area contributed by atoms with Crippen LogP contribution in [0.5, 0.6) is 0 Å². The van der Waals surface area contributed by atoms with E-state index in [0.717, 1.165) is 25.1 Å². The van der Waals surface area contributed by atoms with Crippen LogP contribution in [0, 0.1) is 0 Å². The first kappa shape index (κ1) is 13.5. The summed E-state index contributed by atoms with van der Waals surface area (Å²) in [6, 6.07) is 9.13. The lowest BCUT2D eigenvalue weighted by atomic mass is 9.79. The number of aliphatic hydroxyl groups is 1. The van der Waals surface area contributed by atoms with Gasteiger partial charge in [-0.25, -0.2) is 0 Å². The van der Waals surface area contributed by atoms with Gasteiger partial charge in [-0.05, 0) is 42.6 Å². The van der Waals surface area contributed by atoms with Crippen LogP contribution in [0.3, 0.4) is 0 Å². The molecule has 0 heterocycles. The summed E-state index contributed by atoms with van der Waals surface area (Å²) in [5, 5.41) is 14.7. The van der Waals surface area contributed by atoms with Crippen LogP contribution in [0.1, 0.15) is 43.4 Å². The number of nitrogens with one attached hydrogen (secondary N) is 1. The maximum Gasteiger partial charge on any atom is 0.0890 e. The highest BCUT2D eigenvalue weighted by Gasteiger charge is 2.45. The summed E-state index contributed by atoms with van der Waals surface area (Å²) in [5.41, 5.74) is 2.43. The van der Waals surface area contributed by atoms with Crippen molar-refractivity contribution in [3.63, 3.8) is 0 Å². The number of rotatable bonds is 5. The SMILES string of the molecule is CCS[C@@H]1CC[C@]1(O)CN[C@@H]1CCc2ccccc21. The lowest BCUT2D eigenvalue weighted by Gasteiger charge is -2.45. The van der Waals surface area contributed by atoms with Crippen LogP contribution in [-0.2, 0) is 6.42 Å². The maximum absolute atomic E-state index is 10.6. The van der Waals surface area contributed by atoms with Crippen LogP contribution in [-0.4, -0.2) is 28.3 Å². The van der Waals surface area contributed by atoms with Crippen LogP contribution in [0.15, 0.2) is 24.3 Å². The quantitative estimate of drug-likeness (QED) is 0.868. The van der Waals surface area contributed by atoms with Gasteiger partial charge < -0.3 is 10.4 Å². The molecule has 0 spiro atoms. The second kappa shape index (κ2) is 5.47. The van der Waals surface area contributed by atoms with E-state index in [-0.39, 0.29) is 0 Å². The molecule has 2 aliphatic rings. The summed E-state index contributed by atoms with van der Waals surface area (Å²) in [5.74, 6) is 1.10. The smallest absolute Gasteiger partial charge is 0.0890 e. The molecule has 0 saturated heterocycles. The molecule has 0 amide bonds. The van der Waals surface area contributed by atoms with Crippen molar-refractivity contribution in [2.24, 2.45) is 0 Å². The monoisotopic (exact) mass is 277 g/mol. The Kier molecular flexibility index (Phi) is 3.88. The Morgan fingerprint density at radius 2 is 2.21 bits per heavy atom. The highest BCUT2D eigenvalue weighted by molar-refractivity contribution is 8.00. The van der Waals surface area contributed by atoms with E-state index in [0.29, 0.717) is 11.3 Å². The summed E-state index contributed by atoms with van der Waals surface area (Å²) < 4.78 is 0. The van der Waals surface area contributed by atoms with E-state index in [1.807, 2.05) is 11.8 Å². The molecular weight excluding hydrogens is 254 g/mol. The number of aryl methyl sites for hydroxylation is 1. The number of thioether (sulfide) groups is 1. The zero-order valence-electron chi connectivity index (χ0n) is 11.6. The molecule has 104 valence electrons. The van der Waals surface area contributed by atoms with Gasteiger partial charge in [-0.1, -0.05) is 31.2 Å². The lowest BCUT2D eigenvalue weighted by Crippen LogP contribution is -2.56. The van der Waals surface area contributed by atoms with Crippen molar-refractivity contribution in [2.45, 2.75) is 49.5 Å². The minimum absolute atomic E-state index is 0.432. The van der Waals surface area contributed by atoms with Crippen molar-refractivity contribution in [1.82, 2.24) is 5.32 Å². The standard InChI is InChI=1S/C16H23NOS/c1-2-19-15-9-10-16(15,18)11-17-14-8-7-12-5-3-4-6-13(12)14/h3-6,14-15,17-18H,2,7-11H2,1H3/t14-,15-,16+/m1/s1. The third kappa shape index (κ3) is 2.56. The van der Waals surface area contributed by atoms with Gasteiger partial charge in [0.1, 0.15) is 0 Å². The molecule has 0 aliphatic heterocycles. The van der Waals surface area contributed by atoms with Crippen molar-refractivity contribution in [2.75, 3.05) is 12.3 Å². The Hall–Kier alpha value is -0.510. The Labute approximate surface area is 120 Å². The molecule has 1 aromatic carbocycles. The first-order valence-corrected chi connectivity index (χ1v) is 8.43. The Bertz CT molecular complexity index is 450. The van der Waals surface area contributed by atoms with Crippen LogP contribution in [0.25, 0.3) is 0 Å². The summed E-state index contributed by atoms with van der Waals surface area (Å²) in [6.45, 7) is 2.91. The van der Waals surface area contributed by atoms with E-state index >= 15 is 0 Å². The zero-order valence-corrected chi connectivity index (χ0v) is 12.4. The Morgan fingerprint density at radius 1 is 1.37 bits per heavy atom. The normalized spacial score (nSPS) is 32.9. The van der Waals surface area contributed by atoms with Crippen molar-refractivity contribution in [1.29, 1.82) is 0 Å². The molecule has 2 N–H and O–H groups in total. The average Bonchev–Trinajstić information content (AvgIpc) is 2.84. The fourth-order valence-electron chi connectivity index (χ4n) is 3.31. The molecule has 3 rings (SSSR count). The largest absolute Gasteiger partial charge is 0.387 e. The maximum atomic E-state index is 10.6. The van der Waals surface area contributed by atoms with Gasteiger partial charge in [0.05, 0.1) is 5.60 Å². The van der Waals surface area contributed by atoms with Crippen LogP contribution < -0.4 is 5.32 Å². The number of benzene rings is 1. The summed E-state index contributed by atoms with van der Waals surface area (Å²) in [4.78, 5) is 0. The zero-order chi connectivity index (χ0) is 13.3. The molecule has 0 aromatic heterocycles. The number of fused-ring (bicyclic) bond motifs is 1. The number of hydrogen-bond donors (Lipinski definition) is 2. The van der Waals surface area contributed by atoms with E-state index in [9.17, 15) is 5.11 Å². The van der Waals surface area contributed by atoms with Gasteiger partial charge in [-0.15, -0.1) is 0 Å². The van der Waals surface area contributed by atoms with Gasteiger partial charge in [-0.2, -0.15) is 11.8 Å². The first-order valence-electron chi connectivity index (χ1n) is 7.38. The van der Waals surface area contributed by atoms with E-state index in [4.69, 9.17) is 0 Å². The third-order valence-electron chi connectivity index (χ3n) is 4.59. The fourth-order valence-corrected chi connectivity index (χ4v) is 4.50. The predicted molar refractivity (Wildman–Crippen MR) is 81.6 cm³/mol. The summed E-state index contributed by atoms with van der Waals surface area (Å²) >= 11 is 1.90. The van der Waals surface area contributed by atoms with Crippen molar-refractivity contribution in [3.8, 4) is 0 Å². The molecular formula is C16H23NOS. The minimum Gasteiger partial charge on any atom is -0.387 e. The molecule has 2 nitrogen and oxygen atoms in total. The van der Waals surface area contributed by atoms with E-state index in [2.05, 4.69) is 36.5 Å². The molecule has 19 heavy (non-hydrogen) atoms. The van der Waals surface area contributed by atoms with E-state index < -0.39 is 5.60 Å². The molecule has 3 atom stereocenters.